The van der Waals surface area contributed by atoms with Crippen LogP contribution in [0.15, 0.2) is 21.5 Å². The van der Waals surface area contributed by atoms with E-state index < -0.39 is 20.5 Å². The molecule has 0 aliphatic carbocycles. The van der Waals surface area contributed by atoms with E-state index in [1.165, 1.54) is 6.07 Å². The van der Waals surface area contributed by atoms with Gasteiger partial charge in [-0.05, 0) is 28.1 Å². The van der Waals surface area contributed by atoms with Gasteiger partial charge in [0.1, 0.15) is 4.90 Å². The molecule has 0 saturated carbocycles. The molecule has 0 fully saturated rings. The number of benzene rings is 1. The van der Waals surface area contributed by atoms with Crippen LogP contribution in [0.3, 0.4) is 0 Å². The van der Waals surface area contributed by atoms with Crippen molar-refractivity contribution in [3.63, 3.8) is 0 Å². The van der Waals surface area contributed by atoms with E-state index in [-0.39, 0.29) is 9.50 Å². The van der Waals surface area contributed by atoms with Gasteiger partial charge >= 0.3 is 0 Å². The van der Waals surface area contributed by atoms with Gasteiger partial charge in [-0.15, -0.1) is 0 Å². The minimum Gasteiger partial charge on any atom is -0.224 e. The van der Waals surface area contributed by atoms with Crippen LogP contribution in [-0.2, 0) is 9.84 Å². The summed E-state index contributed by atoms with van der Waals surface area (Å²) in [6.45, 7) is 0. The molecule has 72 valence electrons. The third kappa shape index (κ3) is 2.42. The fraction of sp³-hybridized carbons (Fsp3) is 0.143. The van der Waals surface area contributed by atoms with Crippen molar-refractivity contribution in [3.05, 3.63) is 27.4 Å². The maximum atomic E-state index is 13.2. The van der Waals surface area contributed by atoms with Crippen molar-refractivity contribution in [1.29, 1.82) is 0 Å². The molecule has 0 unspecified atom stereocenters. The van der Waals surface area contributed by atoms with E-state index in [2.05, 4.69) is 15.9 Å². The lowest BCUT2D eigenvalue weighted by atomic mass is 10.3. The van der Waals surface area contributed by atoms with Gasteiger partial charge < -0.3 is 0 Å². The van der Waals surface area contributed by atoms with Gasteiger partial charge in [0.2, 0.25) is 0 Å². The number of rotatable bonds is 1. The third-order valence-corrected chi connectivity index (χ3v) is 3.25. The topological polar surface area (TPSA) is 34.1 Å². The molecular formula is C7H5BrClFO2S. The smallest absolute Gasteiger partial charge is 0.178 e. The first-order chi connectivity index (χ1) is 5.82. The first-order valence-electron chi connectivity index (χ1n) is 3.17. The average molecular weight is 288 g/mol. The minimum atomic E-state index is -3.57. The fourth-order valence-corrected chi connectivity index (χ4v) is 2.58. The predicted molar refractivity (Wildman–Crippen MR) is 52.2 cm³/mol. The van der Waals surface area contributed by atoms with Gasteiger partial charge in [-0.2, -0.15) is 0 Å². The largest absolute Gasteiger partial charge is 0.224 e. The van der Waals surface area contributed by atoms with E-state index >= 15 is 0 Å². The fourth-order valence-electron chi connectivity index (χ4n) is 0.802. The van der Waals surface area contributed by atoms with Crippen molar-refractivity contribution in [3.8, 4) is 0 Å². The monoisotopic (exact) mass is 286 g/mol. The lowest BCUT2D eigenvalue weighted by Crippen LogP contribution is -2.01. The van der Waals surface area contributed by atoms with Gasteiger partial charge in [-0.1, -0.05) is 11.6 Å². The van der Waals surface area contributed by atoms with Gasteiger partial charge in [0.15, 0.2) is 15.7 Å². The second kappa shape index (κ2) is 3.55. The van der Waals surface area contributed by atoms with Gasteiger partial charge in [-0.3, -0.25) is 0 Å². The van der Waals surface area contributed by atoms with Crippen molar-refractivity contribution in [2.24, 2.45) is 0 Å². The molecule has 0 amide bonds. The highest BCUT2D eigenvalue weighted by molar-refractivity contribution is 9.10. The summed E-state index contributed by atoms with van der Waals surface area (Å²) >= 11 is 8.43. The van der Waals surface area contributed by atoms with Crippen molar-refractivity contribution in [1.82, 2.24) is 0 Å². The van der Waals surface area contributed by atoms with E-state index in [0.717, 1.165) is 12.3 Å². The molecule has 0 aromatic heterocycles. The highest BCUT2D eigenvalue weighted by Crippen LogP contribution is 2.27. The lowest BCUT2D eigenvalue weighted by molar-refractivity contribution is 0.567. The Labute approximate surface area is 88.8 Å². The summed E-state index contributed by atoms with van der Waals surface area (Å²) in [5.41, 5.74) is 0. The van der Waals surface area contributed by atoms with Crippen LogP contribution >= 0.6 is 27.5 Å². The molecule has 1 rings (SSSR count). The molecule has 2 nitrogen and oxygen atoms in total. The van der Waals surface area contributed by atoms with Gasteiger partial charge in [-0.25, -0.2) is 12.8 Å². The van der Waals surface area contributed by atoms with Crippen LogP contribution in [0.4, 0.5) is 4.39 Å². The molecule has 0 heterocycles. The summed E-state index contributed by atoms with van der Waals surface area (Å²) in [7, 11) is -3.57. The maximum Gasteiger partial charge on any atom is 0.178 e. The number of hydrogen-bond acceptors (Lipinski definition) is 2. The molecule has 6 heteroatoms. The molecule has 13 heavy (non-hydrogen) atoms. The van der Waals surface area contributed by atoms with E-state index in [1.807, 2.05) is 0 Å². The molecule has 0 saturated heterocycles. The molecule has 1 aromatic carbocycles. The summed E-state index contributed by atoms with van der Waals surface area (Å²) in [6.07, 6.45) is 0.925. The molecule has 0 N–H and O–H groups in total. The zero-order valence-electron chi connectivity index (χ0n) is 6.51. The summed E-state index contributed by atoms with van der Waals surface area (Å²) in [4.78, 5) is -0.396. The van der Waals surface area contributed by atoms with Crippen LogP contribution in [-0.4, -0.2) is 14.7 Å². The van der Waals surface area contributed by atoms with Gasteiger partial charge in [0, 0.05) is 11.3 Å². The molecule has 0 aliphatic rings. The molecular weight excluding hydrogens is 282 g/mol. The van der Waals surface area contributed by atoms with Crippen molar-refractivity contribution < 1.29 is 12.8 Å². The number of hydrogen-bond donors (Lipinski definition) is 0. The second-order valence-electron chi connectivity index (χ2n) is 2.47. The zero-order chi connectivity index (χ0) is 10.2. The van der Waals surface area contributed by atoms with Crippen LogP contribution in [0.2, 0.25) is 5.02 Å². The maximum absolute atomic E-state index is 13.2. The Morgan fingerprint density at radius 1 is 1.46 bits per heavy atom. The SMILES string of the molecule is CS(=O)(=O)c1cc(Cl)cc(Br)c1F. The van der Waals surface area contributed by atoms with Crippen LogP contribution in [0.1, 0.15) is 0 Å². The average Bonchev–Trinajstić information content (AvgIpc) is 1.94. The number of sulfone groups is 1. The molecule has 0 spiro atoms. The summed E-state index contributed by atoms with van der Waals surface area (Å²) < 4.78 is 35.3. The lowest BCUT2D eigenvalue weighted by Gasteiger charge is -2.02. The van der Waals surface area contributed by atoms with Crippen LogP contribution in [0.5, 0.6) is 0 Å². The Morgan fingerprint density at radius 3 is 2.46 bits per heavy atom. The first-order valence-corrected chi connectivity index (χ1v) is 6.23. The Morgan fingerprint density at radius 2 is 2.00 bits per heavy atom. The summed E-state index contributed by atoms with van der Waals surface area (Å²) in [5.74, 6) is -0.813. The van der Waals surface area contributed by atoms with Crippen molar-refractivity contribution in [2.75, 3.05) is 6.26 Å². The molecule has 0 aliphatic heterocycles. The third-order valence-electron chi connectivity index (χ3n) is 1.36. The highest BCUT2D eigenvalue weighted by atomic mass is 79.9. The normalized spacial score (nSPS) is 11.7. The van der Waals surface area contributed by atoms with Crippen molar-refractivity contribution >= 4 is 37.4 Å². The number of halogens is 3. The van der Waals surface area contributed by atoms with E-state index in [1.54, 1.807) is 0 Å². The molecule has 0 atom stereocenters. The predicted octanol–water partition coefficient (Wildman–Crippen LogP) is 2.65. The first kappa shape index (κ1) is 10.9. The van der Waals surface area contributed by atoms with Crippen LogP contribution in [0, 0.1) is 5.82 Å². The van der Waals surface area contributed by atoms with Crippen molar-refractivity contribution in [2.45, 2.75) is 4.90 Å². The van der Waals surface area contributed by atoms with Crippen LogP contribution < -0.4 is 0 Å². The molecule has 0 bridgehead atoms. The summed E-state index contributed by atoms with van der Waals surface area (Å²) in [6, 6.07) is 2.38. The van der Waals surface area contributed by atoms with Gasteiger partial charge in [0.25, 0.3) is 0 Å². The highest BCUT2D eigenvalue weighted by Gasteiger charge is 2.16. The standard InChI is InChI=1S/C7H5BrClFO2S/c1-13(11,12)6-3-4(9)2-5(8)7(6)10/h2-3H,1H3. The van der Waals surface area contributed by atoms with Gasteiger partial charge in [0.05, 0.1) is 4.47 Å². The Kier molecular flexibility index (Phi) is 2.99. The minimum absolute atomic E-state index is 0.0421. The Hall–Kier alpha value is -0.130. The van der Waals surface area contributed by atoms with E-state index in [0.29, 0.717) is 0 Å². The Bertz CT molecular complexity index is 444. The van der Waals surface area contributed by atoms with E-state index in [9.17, 15) is 12.8 Å². The zero-order valence-corrected chi connectivity index (χ0v) is 9.67. The molecule has 0 radical (unpaired) electrons. The quantitative estimate of drug-likeness (QED) is 0.744. The van der Waals surface area contributed by atoms with E-state index in [4.69, 9.17) is 11.6 Å². The van der Waals surface area contributed by atoms with Crippen LogP contribution in [0.25, 0.3) is 0 Å². The Balaban J connectivity index is 3.56. The second-order valence-corrected chi connectivity index (χ2v) is 5.75. The summed E-state index contributed by atoms with van der Waals surface area (Å²) in [5, 5.41) is 0.175. The molecule has 1 aromatic rings.